The predicted octanol–water partition coefficient (Wildman–Crippen LogP) is 1.87. The fourth-order valence-electron chi connectivity index (χ4n) is 2.36. The summed E-state index contributed by atoms with van der Waals surface area (Å²) >= 11 is 0. The maximum Gasteiger partial charge on any atom is 0.319 e. The maximum atomic E-state index is 11.8. The second kappa shape index (κ2) is 6.43. The molecular weight excluding hydrogens is 240 g/mol. The van der Waals surface area contributed by atoms with Crippen LogP contribution in [0.5, 0.6) is 0 Å². The van der Waals surface area contributed by atoms with Crippen molar-refractivity contribution in [3.63, 3.8) is 0 Å². The minimum absolute atomic E-state index is 0.145. The summed E-state index contributed by atoms with van der Waals surface area (Å²) in [5, 5.41) is 5.75. The molecule has 19 heavy (non-hydrogen) atoms. The number of carbonyl (C=O) groups excluding carboxylic acids is 1. The number of rotatable bonds is 4. The van der Waals surface area contributed by atoms with Crippen LogP contribution >= 0.6 is 0 Å². The van der Waals surface area contributed by atoms with E-state index in [9.17, 15) is 4.79 Å². The quantitative estimate of drug-likeness (QED) is 0.726. The van der Waals surface area contributed by atoms with Gasteiger partial charge in [-0.25, -0.2) is 4.79 Å². The summed E-state index contributed by atoms with van der Waals surface area (Å²) in [5.41, 5.74) is 7.03. The van der Waals surface area contributed by atoms with E-state index >= 15 is 0 Å². The maximum absolute atomic E-state index is 11.8. The first-order chi connectivity index (χ1) is 9.13. The van der Waals surface area contributed by atoms with Crippen LogP contribution in [0.25, 0.3) is 0 Å². The molecule has 0 bridgehead atoms. The zero-order valence-corrected chi connectivity index (χ0v) is 11.4. The second-order valence-corrected chi connectivity index (χ2v) is 5.13. The molecule has 1 aromatic carbocycles. The molecule has 1 fully saturated rings. The van der Waals surface area contributed by atoms with E-state index in [1.54, 1.807) is 24.3 Å². The first-order valence-electron chi connectivity index (χ1n) is 6.79. The number of nitrogens with one attached hydrogen (secondary N) is 2. The molecular formula is C14H22N4O. The summed E-state index contributed by atoms with van der Waals surface area (Å²) in [6.07, 6.45) is 2.54. The molecule has 1 aliphatic heterocycles. The largest absolute Gasteiger partial charge is 0.399 e. The normalized spacial score (nSPS) is 17.1. The molecule has 1 unspecified atom stereocenters. The number of hydrogen-bond donors (Lipinski definition) is 3. The van der Waals surface area contributed by atoms with Gasteiger partial charge < -0.3 is 21.3 Å². The van der Waals surface area contributed by atoms with Crippen LogP contribution in [0.4, 0.5) is 16.2 Å². The Morgan fingerprint density at radius 1 is 1.32 bits per heavy atom. The van der Waals surface area contributed by atoms with E-state index in [2.05, 4.69) is 15.5 Å². The predicted molar refractivity (Wildman–Crippen MR) is 78.1 cm³/mol. The third-order valence-electron chi connectivity index (χ3n) is 3.28. The lowest BCUT2D eigenvalue weighted by molar-refractivity contribution is 0.242. The Labute approximate surface area is 114 Å². The van der Waals surface area contributed by atoms with Crippen molar-refractivity contribution in [1.82, 2.24) is 10.2 Å². The van der Waals surface area contributed by atoms with Crippen molar-refractivity contribution >= 4 is 17.4 Å². The van der Waals surface area contributed by atoms with Gasteiger partial charge in [0.15, 0.2) is 0 Å². The molecule has 1 saturated heterocycles. The SMILES string of the molecule is CC(CN1CCCC1)NC(=O)Nc1ccc(N)cc1. The second-order valence-electron chi connectivity index (χ2n) is 5.13. The molecule has 1 aliphatic rings. The van der Waals surface area contributed by atoms with Crippen molar-refractivity contribution in [2.45, 2.75) is 25.8 Å². The van der Waals surface area contributed by atoms with Gasteiger partial charge in [0.05, 0.1) is 0 Å². The Balaban J connectivity index is 1.75. The lowest BCUT2D eigenvalue weighted by atomic mass is 10.3. The molecule has 2 rings (SSSR count). The first-order valence-corrected chi connectivity index (χ1v) is 6.79. The van der Waals surface area contributed by atoms with Crippen LogP contribution in [-0.4, -0.2) is 36.6 Å². The third-order valence-corrected chi connectivity index (χ3v) is 3.28. The molecule has 1 aromatic rings. The smallest absolute Gasteiger partial charge is 0.319 e. The number of amides is 2. The van der Waals surface area contributed by atoms with E-state index in [-0.39, 0.29) is 12.1 Å². The van der Waals surface area contributed by atoms with Crippen LogP contribution in [0, 0.1) is 0 Å². The summed E-state index contributed by atoms with van der Waals surface area (Å²) in [7, 11) is 0. The van der Waals surface area contributed by atoms with E-state index in [1.165, 1.54) is 12.8 Å². The van der Waals surface area contributed by atoms with Gasteiger partial charge in [0, 0.05) is 24.0 Å². The highest BCUT2D eigenvalue weighted by molar-refractivity contribution is 5.89. The highest BCUT2D eigenvalue weighted by Gasteiger charge is 2.15. The van der Waals surface area contributed by atoms with Crippen LogP contribution in [0.1, 0.15) is 19.8 Å². The lowest BCUT2D eigenvalue weighted by Gasteiger charge is -2.21. The Bertz CT molecular complexity index is 412. The third kappa shape index (κ3) is 4.44. The zero-order chi connectivity index (χ0) is 13.7. The first kappa shape index (κ1) is 13.7. The van der Waals surface area contributed by atoms with Gasteiger partial charge in [0.1, 0.15) is 0 Å². The standard InChI is InChI=1S/C14H22N4O/c1-11(10-18-8-2-3-9-18)16-14(19)17-13-6-4-12(15)5-7-13/h4-7,11H,2-3,8-10,15H2,1H3,(H2,16,17,19). The average molecular weight is 262 g/mol. The molecule has 2 amide bonds. The van der Waals surface area contributed by atoms with Crippen molar-refractivity contribution in [2.75, 3.05) is 30.7 Å². The molecule has 0 saturated carbocycles. The van der Waals surface area contributed by atoms with Crippen molar-refractivity contribution < 1.29 is 4.79 Å². The average Bonchev–Trinajstić information content (AvgIpc) is 2.84. The summed E-state index contributed by atoms with van der Waals surface area (Å²) in [6.45, 7) is 5.23. The minimum Gasteiger partial charge on any atom is -0.399 e. The van der Waals surface area contributed by atoms with Crippen LogP contribution in [0.2, 0.25) is 0 Å². The monoisotopic (exact) mass is 262 g/mol. The number of anilines is 2. The Kier molecular flexibility index (Phi) is 4.63. The highest BCUT2D eigenvalue weighted by atomic mass is 16.2. The summed E-state index contributed by atoms with van der Waals surface area (Å²) in [4.78, 5) is 14.2. The fourth-order valence-corrected chi connectivity index (χ4v) is 2.36. The zero-order valence-electron chi connectivity index (χ0n) is 11.4. The number of nitrogen functional groups attached to an aromatic ring is 1. The van der Waals surface area contributed by atoms with Crippen LogP contribution < -0.4 is 16.4 Å². The topological polar surface area (TPSA) is 70.4 Å². The fraction of sp³-hybridized carbons (Fsp3) is 0.500. The van der Waals surface area contributed by atoms with Gasteiger partial charge in [-0.05, 0) is 57.1 Å². The molecule has 5 heteroatoms. The minimum atomic E-state index is -0.170. The van der Waals surface area contributed by atoms with Gasteiger partial charge >= 0.3 is 6.03 Å². The number of likely N-dealkylation sites (tertiary alicyclic amines) is 1. The summed E-state index contributed by atoms with van der Waals surface area (Å²) in [6, 6.07) is 7.09. The van der Waals surface area contributed by atoms with Crippen LogP contribution in [0.15, 0.2) is 24.3 Å². The molecule has 5 nitrogen and oxygen atoms in total. The van der Waals surface area contributed by atoms with Gasteiger partial charge in [-0.15, -0.1) is 0 Å². The van der Waals surface area contributed by atoms with Crippen molar-refractivity contribution in [1.29, 1.82) is 0 Å². The van der Waals surface area contributed by atoms with E-state index in [1.807, 2.05) is 6.92 Å². The molecule has 1 atom stereocenters. The number of benzene rings is 1. The van der Waals surface area contributed by atoms with E-state index in [0.717, 1.165) is 25.3 Å². The van der Waals surface area contributed by atoms with Gasteiger partial charge in [0.25, 0.3) is 0 Å². The summed E-state index contributed by atoms with van der Waals surface area (Å²) in [5.74, 6) is 0. The number of urea groups is 1. The van der Waals surface area contributed by atoms with Crippen LogP contribution in [0.3, 0.4) is 0 Å². The van der Waals surface area contributed by atoms with Crippen LogP contribution in [-0.2, 0) is 0 Å². The molecule has 104 valence electrons. The van der Waals surface area contributed by atoms with E-state index < -0.39 is 0 Å². The Morgan fingerprint density at radius 2 is 1.95 bits per heavy atom. The van der Waals surface area contributed by atoms with E-state index in [4.69, 9.17) is 5.73 Å². The molecule has 0 aromatic heterocycles. The lowest BCUT2D eigenvalue weighted by Crippen LogP contribution is -2.42. The number of nitrogens with zero attached hydrogens (tertiary/aromatic N) is 1. The number of hydrogen-bond acceptors (Lipinski definition) is 3. The van der Waals surface area contributed by atoms with Gasteiger partial charge in [0.2, 0.25) is 0 Å². The number of nitrogens with two attached hydrogens (primary N) is 1. The van der Waals surface area contributed by atoms with Gasteiger partial charge in [-0.1, -0.05) is 0 Å². The molecule has 0 aliphatic carbocycles. The van der Waals surface area contributed by atoms with Crippen molar-refractivity contribution in [2.24, 2.45) is 0 Å². The molecule has 0 spiro atoms. The summed E-state index contributed by atoms with van der Waals surface area (Å²) < 4.78 is 0. The van der Waals surface area contributed by atoms with Gasteiger partial charge in [-0.2, -0.15) is 0 Å². The molecule has 0 radical (unpaired) electrons. The molecule has 1 heterocycles. The number of carbonyl (C=O) groups is 1. The van der Waals surface area contributed by atoms with Crippen molar-refractivity contribution in [3.05, 3.63) is 24.3 Å². The molecule has 4 N–H and O–H groups in total. The Morgan fingerprint density at radius 3 is 2.58 bits per heavy atom. The highest BCUT2D eigenvalue weighted by Crippen LogP contribution is 2.10. The van der Waals surface area contributed by atoms with Crippen molar-refractivity contribution in [3.8, 4) is 0 Å². The van der Waals surface area contributed by atoms with E-state index in [0.29, 0.717) is 5.69 Å². The van der Waals surface area contributed by atoms with Gasteiger partial charge in [-0.3, -0.25) is 0 Å². The Hall–Kier alpha value is -1.75.